The fourth-order valence-electron chi connectivity index (χ4n) is 4.68. The van der Waals surface area contributed by atoms with Crippen molar-refractivity contribution in [1.29, 1.82) is 0 Å². The van der Waals surface area contributed by atoms with E-state index in [1.165, 1.54) is 11.8 Å². The third-order valence-electron chi connectivity index (χ3n) is 6.66. The van der Waals surface area contributed by atoms with Crippen LogP contribution in [0.5, 0.6) is 0 Å². The topological polar surface area (TPSA) is 108 Å². The zero-order valence-corrected chi connectivity index (χ0v) is 19.2. The number of imidazole rings is 1. The molecule has 8 nitrogen and oxygen atoms in total. The molecule has 3 aromatic rings. The van der Waals surface area contributed by atoms with E-state index in [0.717, 1.165) is 59.5 Å². The molecule has 0 bridgehead atoms. The Labute approximate surface area is 190 Å². The number of hydrogen-bond acceptors (Lipinski definition) is 8. The predicted molar refractivity (Wildman–Crippen MR) is 123 cm³/mol. The number of halogens is 1. The lowest BCUT2D eigenvalue weighted by molar-refractivity contribution is 0.0974. The van der Waals surface area contributed by atoms with Gasteiger partial charge in [0.25, 0.3) is 0 Å². The van der Waals surface area contributed by atoms with Crippen LogP contribution in [0.15, 0.2) is 34.7 Å². The highest BCUT2D eigenvalue weighted by Gasteiger charge is 2.47. The number of hydrogen-bond donors (Lipinski definition) is 2. The van der Waals surface area contributed by atoms with Gasteiger partial charge in [-0.3, -0.25) is 4.40 Å². The summed E-state index contributed by atoms with van der Waals surface area (Å²) < 4.78 is 7.94. The van der Waals surface area contributed by atoms with Crippen LogP contribution in [0.4, 0.5) is 11.6 Å². The molecule has 2 atom stereocenters. The fourth-order valence-corrected chi connectivity index (χ4v) is 5.87. The van der Waals surface area contributed by atoms with E-state index in [2.05, 4.69) is 26.2 Å². The second kappa shape index (κ2) is 7.81. The first-order chi connectivity index (χ1) is 14.9. The summed E-state index contributed by atoms with van der Waals surface area (Å²) in [5.41, 5.74) is 14.3. The summed E-state index contributed by atoms with van der Waals surface area (Å²) in [6.07, 6.45) is 7.48. The van der Waals surface area contributed by atoms with Crippen LogP contribution < -0.4 is 16.4 Å². The van der Waals surface area contributed by atoms with Crippen LogP contribution in [0.3, 0.4) is 0 Å². The molecule has 10 heteroatoms. The minimum absolute atomic E-state index is 0.0787. The van der Waals surface area contributed by atoms with Crippen LogP contribution in [-0.4, -0.2) is 51.2 Å². The van der Waals surface area contributed by atoms with Crippen LogP contribution in [0, 0.1) is 12.3 Å². The van der Waals surface area contributed by atoms with Gasteiger partial charge in [0.15, 0.2) is 5.82 Å². The predicted octanol–water partition coefficient (Wildman–Crippen LogP) is 3.15. The minimum atomic E-state index is 0.0787. The molecule has 0 aromatic carbocycles. The van der Waals surface area contributed by atoms with Crippen LogP contribution in [-0.2, 0) is 4.74 Å². The number of nitrogen functional groups attached to an aromatic ring is 1. The molecule has 5 heterocycles. The largest absolute Gasteiger partial charge is 0.382 e. The quantitative estimate of drug-likeness (QED) is 0.615. The SMILES string of the molecule is Cc1nc(N2CCC3(CC2)COC(C)C3N)c2cncn2c1Sc1ccnc(N)c1Cl. The molecule has 2 unspecified atom stereocenters. The monoisotopic (exact) mass is 459 g/mol. The van der Waals surface area contributed by atoms with Gasteiger partial charge < -0.3 is 21.1 Å². The standard InChI is InChI=1S/C21H26ClN7OS/c1-12-20(31-15-3-6-26-18(24)16(15)22)29-11-25-9-14(29)19(27-12)28-7-4-21(5-8-28)10-30-13(2)17(21)23/h3,6,9,11,13,17H,4-5,7-8,10,23H2,1-2H3,(H2,24,26). The van der Waals surface area contributed by atoms with Gasteiger partial charge in [0, 0.05) is 35.6 Å². The van der Waals surface area contributed by atoms with Gasteiger partial charge in [-0.25, -0.2) is 15.0 Å². The molecule has 4 N–H and O–H groups in total. The number of anilines is 2. The maximum atomic E-state index is 6.49. The Balaban J connectivity index is 1.45. The van der Waals surface area contributed by atoms with Crippen LogP contribution >= 0.6 is 23.4 Å². The Bertz CT molecular complexity index is 1130. The summed E-state index contributed by atoms with van der Waals surface area (Å²) >= 11 is 7.89. The smallest absolute Gasteiger partial charge is 0.154 e. The third kappa shape index (κ3) is 3.44. The van der Waals surface area contributed by atoms with Crippen molar-refractivity contribution in [2.24, 2.45) is 11.1 Å². The van der Waals surface area contributed by atoms with E-state index in [1.54, 1.807) is 6.20 Å². The van der Waals surface area contributed by atoms with Gasteiger partial charge in [-0.2, -0.15) is 0 Å². The zero-order chi connectivity index (χ0) is 21.8. The number of rotatable bonds is 3. The van der Waals surface area contributed by atoms with Gasteiger partial charge in [-0.15, -0.1) is 0 Å². The maximum absolute atomic E-state index is 6.49. The van der Waals surface area contributed by atoms with Gasteiger partial charge in [-0.1, -0.05) is 23.4 Å². The van der Waals surface area contributed by atoms with Crippen molar-refractivity contribution in [2.45, 2.75) is 48.8 Å². The summed E-state index contributed by atoms with van der Waals surface area (Å²) in [7, 11) is 0. The molecule has 0 radical (unpaired) electrons. The number of piperidine rings is 1. The second-order valence-electron chi connectivity index (χ2n) is 8.48. The molecule has 31 heavy (non-hydrogen) atoms. The normalized spacial score (nSPS) is 23.2. The van der Waals surface area contributed by atoms with Crippen molar-refractivity contribution in [3.63, 3.8) is 0 Å². The van der Waals surface area contributed by atoms with Crippen molar-refractivity contribution in [1.82, 2.24) is 19.4 Å². The maximum Gasteiger partial charge on any atom is 0.154 e. The molecule has 3 aromatic heterocycles. The lowest BCUT2D eigenvalue weighted by atomic mass is 9.73. The molecule has 0 aliphatic carbocycles. The highest BCUT2D eigenvalue weighted by molar-refractivity contribution is 7.99. The Kier molecular flexibility index (Phi) is 5.24. The Morgan fingerprint density at radius 3 is 2.81 bits per heavy atom. The van der Waals surface area contributed by atoms with E-state index in [1.807, 2.05) is 25.5 Å². The van der Waals surface area contributed by atoms with Crippen LogP contribution in [0.25, 0.3) is 5.52 Å². The van der Waals surface area contributed by atoms with E-state index in [0.29, 0.717) is 10.8 Å². The number of pyridine rings is 1. The second-order valence-corrected chi connectivity index (χ2v) is 9.89. The molecule has 2 saturated heterocycles. The first kappa shape index (κ1) is 20.8. The summed E-state index contributed by atoms with van der Waals surface area (Å²) in [5, 5.41) is 1.41. The third-order valence-corrected chi connectivity index (χ3v) is 8.42. The van der Waals surface area contributed by atoms with Crippen LogP contribution in [0.1, 0.15) is 25.5 Å². The van der Waals surface area contributed by atoms with E-state index in [-0.39, 0.29) is 17.6 Å². The molecule has 2 aliphatic heterocycles. The van der Waals surface area contributed by atoms with E-state index in [9.17, 15) is 0 Å². The summed E-state index contributed by atoms with van der Waals surface area (Å²) in [6, 6.07) is 1.95. The average molecular weight is 460 g/mol. The molecule has 164 valence electrons. The molecular formula is C21H26ClN7OS. The van der Waals surface area contributed by atoms with Gasteiger partial charge in [0.1, 0.15) is 22.7 Å². The highest BCUT2D eigenvalue weighted by Crippen LogP contribution is 2.43. The van der Waals surface area contributed by atoms with E-state index in [4.69, 9.17) is 32.8 Å². The number of aromatic nitrogens is 4. The Morgan fingerprint density at radius 2 is 2.10 bits per heavy atom. The van der Waals surface area contributed by atoms with E-state index >= 15 is 0 Å². The highest BCUT2D eigenvalue weighted by atomic mass is 35.5. The molecular weight excluding hydrogens is 434 g/mol. The number of ether oxygens (including phenoxy) is 1. The number of fused-ring (bicyclic) bond motifs is 1. The molecule has 5 rings (SSSR count). The minimum Gasteiger partial charge on any atom is -0.382 e. The van der Waals surface area contributed by atoms with Crippen molar-refractivity contribution >= 4 is 40.5 Å². The zero-order valence-electron chi connectivity index (χ0n) is 17.6. The molecule has 1 spiro atoms. The van der Waals surface area contributed by atoms with Crippen LogP contribution in [0.2, 0.25) is 5.02 Å². The number of aryl methyl sites for hydroxylation is 1. The van der Waals surface area contributed by atoms with Gasteiger partial charge in [0.05, 0.1) is 29.6 Å². The van der Waals surface area contributed by atoms with Gasteiger partial charge in [0.2, 0.25) is 0 Å². The molecule has 2 aliphatic rings. The van der Waals surface area contributed by atoms with Gasteiger partial charge >= 0.3 is 0 Å². The Morgan fingerprint density at radius 1 is 1.32 bits per heavy atom. The van der Waals surface area contributed by atoms with Crippen molar-refractivity contribution in [3.8, 4) is 0 Å². The first-order valence-electron chi connectivity index (χ1n) is 10.4. The summed E-state index contributed by atoms with van der Waals surface area (Å²) in [5.74, 6) is 1.27. The summed E-state index contributed by atoms with van der Waals surface area (Å²) in [4.78, 5) is 16.6. The lowest BCUT2D eigenvalue weighted by Crippen LogP contribution is -2.50. The summed E-state index contributed by atoms with van der Waals surface area (Å²) in [6.45, 7) is 6.64. The van der Waals surface area contributed by atoms with Crippen molar-refractivity contribution in [2.75, 3.05) is 30.3 Å². The van der Waals surface area contributed by atoms with Crippen molar-refractivity contribution in [3.05, 3.63) is 35.5 Å². The molecule has 0 amide bonds. The average Bonchev–Trinajstić information content (AvgIpc) is 3.35. The van der Waals surface area contributed by atoms with E-state index < -0.39 is 0 Å². The molecule has 0 saturated carbocycles. The number of nitrogens with two attached hydrogens (primary N) is 2. The van der Waals surface area contributed by atoms with Crippen molar-refractivity contribution < 1.29 is 4.74 Å². The molecule has 2 fully saturated rings. The van der Waals surface area contributed by atoms with Gasteiger partial charge in [-0.05, 0) is 32.8 Å². The Hall–Kier alpha value is -2.07. The lowest BCUT2D eigenvalue weighted by Gasteiger charge is -2.41. The number of nitrogens with zero attached hydrogens (tertiary/aromatic N) is 5. The first-order valence-corrected chi connectivity index (χ1v) is 11.6. The fraction of sp³-hybridized carbons (Fsp3) is 0.476.